The minimum absolute atomic E-state index is 0.0399. The number of carbonyl (C=O) groups is 1. The summed E-state index contributed by atoms with van der Waals surface area (Å²) in [6, 6.07) is 4.55. The third-order valence-electron chi connectivity index (χ3n) is 2.14. The molecule has 0 atom stereocenters. The fraction of sp³-hybridized carbons (Fsp3) is 0.364. The van der Waals surface area contributed by atoms with Crippen molar-refractivity contribution < 1.29 is 19.4 Å². The number of benzene rings is 1. The van der Waals surface area contributed by atoms with Crippen molar-refractivity contribution >= 4 is 5.97 Å². The maximum Gasteiger partial charge on any atom is 0.339 e. The van der Waals surface area contributed by atoms with E-state index in [9.17, 15) is 4.79 Å². The molecule has 1 aromatic rings. The quantitative estimate of drug-likeness (QED) is 0.347. The summed E-state index contributed by atoms with van der Waals surface area (Å²) in [7, 11) is 1.46. The van der Waals surface area contributed by atoms with Gasteiger partial charge in [-0.3, -0.25) is 0 Å². The van der Waals surface area contributed by atoms with Gasteiger partial charge in [-0.2, -0.15) is 0 Å². The maximum absolute atomic E-state index is 11.0. The highest BCUT2D eigenvalue weighted by Gasteiger charge is 2.12. The minimum atomic E-state index is -1.08. The highest BCUT2D eigenvalue weighted by atomic mass is 16.5. The lowest BCUT2D eigenvalue weighted by Gasteiger charge is -2.09. The summed E-state index contributed by atoms with van der Waals surface area (Å²) in [5.74, 6) is -0.364. The number of methoxy groups -OCH3 is 1. The Hall–Kier alpha value is -2.40. The second-order valence-electron chi connectivity index (χ2n) is 3.32. The average Bonchev–Trinajstić information content (AvgIpc) is 2.38. The molecule has 0 fully saturated rings. The van der Waals surface area contributed by atoms with Crippen LogP contribution >= 0.6 is 0 Å². The van der Waals surface area contributed by atoms with Crippen LogP contribution in [0.5, 0.6) is 11.5 Å². The minimum Gasteiger partial charge on any atom is -0.497 e. The average molecular weight is 251 g/mol. The number of hydrogen-bond donors (Lipinski definition) is 1. The van der Waals surface area contributed by atoms with Crippen molar-refractivity contribution in [2.45, 2.75) is 6.42 Å². The van der Waals surface area contributed by atoms with Gasteiger partial charge in [0.2, 0.25) is 0 Å². The first-order valence-corrected chi connectivity index (χ1v) is 5.24. The van der Waals surface area contributed by atoms with Crippen molar-refractivity contribution in [3.8, 4) is 11.5 Å². The number of ether oxygens (including phenoxy) is 2. The normalized spacial score (nSPS) is 9.39. The second-order valence-corrected chi connectivity index (χ2v) is 3.32. The van der Waals surface area contributed by atoms with Crippen LogP contribution in [0.3, 0.4) is 0 Å². The van der Waals surface area contributed by atoms with Gasteiger partial charge < -0.3 is 14.6 Å². The summed E-state index contributed by atoms with van der Waals surface area (Å²) in [4.78, 5) is 13.6. The van der Waals surface area contributed by atoms with Gasteiger partial charge in [0.05, 0.1) is 13.7 Å². The Kier molecular flexibility index (Phi) is 5.34. The molecule has 0 aromatic heterocycles. The molecular weight excluding hydrogens is 238 g/mol. The van der Waals surface area contributed by atoms with Crippen LogP contribution in [0.4, 0.5) is 0 Å². The molecule has 0 saturated carbocycles. The summed E-state index contributed by atoms with van der Waals surface area (Å²) < 4.78 is 10.3. The van der Waals surface area contributed by atoms with Crippen LogP contribution in [-0.4, -0.2) is 31.3 Å². The summed E-state index contributed by atoms with van der Waals surface area (Å²) in [5, 5.41) is 12.4. The zero-order chi connectivity index (χ0) is 13.4. The van der Waals surface area contributed by atoms with E-state index >= 15 is 0 Å². The Labute approximate surface area is 104 Å². The Bertz CT molecular complexity index is 469. The van der Waals surface area contributed by atoms with Crippen LogP contribution in [-0.2, 0) is 0 Å². The molecule has 1 aromatic carbocycles. The first-order chi connectivity index (χ1) is 8.69. The van der Waals surface area contributed by atoms with Crippen molar-refractivity contribution in [3.05, 3.63) is 34.2 Å². The molecule has 7 nitrogen and oxygen atoms in total. The van der Waals surface area contributed by atoms with Gasteiger partial charge in [-0.05, 0) is 30.2 Å². The van der Waals surface area contributed by atoms with E-state index in [0.717, 1.165) is 0 Å². The topological polar surface area (TPSA) is 105 Å². The van der Waals surface area contributed by atoms with Crippen molar-refractivity contribution in [1.29, 1.82) is 0 Å². The van der Waals surface area contributed by atoms with Crippen LogP contribution in [0.15, 0.2) is 23.3 Å². The molecule has 96 valence electrons. The van der Waals surface area contributed by atoms with Gasteiger partial charge in [-0.1, -0.05) is 5.11 Å². The number of hydrogen-bond acceptors (Lipinski definition) is 4. The first kappa shape index (κ1) is 13.7. The SMILES string of the molecule is COc1ccc(OCCCN=[N+]=[N-])c(C(=O)O)c1. The molecule has 0 amide bonds. The standard InChI is InChI=1S/C11H13N3O4/c1-17-8-3-4-10(9(7-8)11(15)16)18-6-2-5-13-14-12/h3-4,7H,2,5-6H2,1H3,(H,15,16). The lowest BCUT2D eigenvalue weighted by molar-refractivity contribution is 0.0691. The van der Waals surface area contributed by atoms with Gasteiger partial charge in [-0.15, -0.1) is 0 Å². The van der Waals surface area contributed by atoms with Gasteiger partial charge in [0, 0.05) is 11.5 Å². The predicted molar refractivity (Wildman–Crippen MR) is 64.1 cm³/mol. The fourth-order valence-electron chi connectivity index (χ4n) is 1.29. The number of azide groups is 1. The third-order valence-corrected chi connectivity index (χ3v) is 2.14. The molecule has 1 N–H and O–H groups in total. The second kappa shape index (κ2) is 7.03. The molecule has 0 spiro atoms. The summed E-state index contributed by atoms with van der Waals surface area (Å²) in [6.45, 7) is 0.598. The largest absolute Gasteiger partial charge is 0.497 e. The predicted octanol–water partition coefficient (Wildman–Crippen LogP) is 2.47. The van der Waals surface area contributed by atoms with Gasteiger partial charge in [-0.25, -0.2) is 4.79 Å². The van der Waals surface area contributed by atoms with E-state index in [2.05, 4.69) is 10.0 Å². The Morgan fingerprint density at radius 1 is 1.56 bits per heavy atom. The van der Waals surface area contributed by atoms with Gasteiger partial charge in [0.25, 0.3) is 0 Å². The van der Waals surface area contributed by atoms with E-state index in [4.69, 9.17) is 20.1 Å². The molecule has 0 heterocycles. The van der Waals surface area contributed by atoms with Crippen LogP contribution < -0.4 is 9.47 Å². The Morgan fingerprint density at radius 2 is 2.33 bits per heavy atom. The molecule has 0 aliphatic heterocycles. The lowest BCUT2D eigenvalue weighted by Crippen LogP contribution is -2.05. The zero-order valence-corrected chi connectivity index (χ0v) is 9.87. The molecule has 0 unspecified atom stereocenters. The summed E-state index contributed by atoms with van der Waals surface area (Å²) >= 11 is 0. The number of rotatable bonds is 7. The number of nitrogens with zero attached hydrogens (tertiary/aromatic N) is 3. The molecule has 0 radical (unpaired) electrons. The van der Waals surface area contributed by atoms with E-state index in [1.165, 1.54) is 19.2 Å². The van der Waals surface area contributed by atoms with Gasteiger partial charge >= 0.3 is 5.97 Å². The van der Waals surface area contributed by atoms with Crippen LogP contribution in [0, 0.1) is 0 Å². The van der Waals surface area contributed by atoms with Crippen molar-refractivity contribution in [3.63, 3.8) is 0 Å². The maximum atomic E-state index is 11.0. The van der Waals surface area contributed by atoms with Crippen molar-refractivity contribution in [2.24, 2.45) is 5.11 Å². The number of carboxylic acid groups (broad SMARTS) is 1. The van der Waals surface area contributed by atoms with Crippen molar-refractivity contribution in [2.75, 3.05) is 20.3 Å². The molecule has 0 bridgehead atoms. The number of aromatic carboxylic acids is 1. The van der Waals surface area contributed by atoms with E-state index in [1.54, 1.807) is 6.07 Å². The molecular formula is C11H13N3O4. The lowest BCUT2D eigenvalue weighted by atomic mass is 10.2. The van der Waals surface area contributed by atoms with E-state index in [-0.39, 0.29) is 17.9 Å². The zero-order valence-electron chi connectivity index (χ0n) is 9.87. The van der Waals surface area contributed by atoms with Crippen LogP contribution in [0.1, 0.15) is 16.8 Å². The fourth-order valence-corrected chi connectivity index (χ4v) is 1.29. The summed E-state index contributed by atoms with van der Waals surface area (Å²) in [5.41, 5.74) is 8.12. The molecule has 0 aliphatic rings. The van der Waals surface area contributed by atoms with Crippen LogP contribution in [0.25, 0.3) is 10.4 Å². The highest BCUT2D eigenvalue weighted by molar-refractivity contribution is 5.91. The molecule has 18 heavy (non-hydrogen) atoms. The highest BCUT2D eigenvalue weighted by Crippen LogP contribution is 2.24. The molecule has 1 rings (SSSR count). The first-order valence-electron chi connectivity index (χ1n) is 5.24. The van der Waals surface area contributed by atoms with Crippen LogP contribution in [0.2, 0.25) is 0 Å². The monoisotopic (exact) mass is 251 g/mol. The Morgan fingerprint density at radius 3 is 2.94 bits per heavy atom. The third kappa shape index (κ3) is 3.88. The smallest absolute Gasteiger partial charge is 0.339 e. The Balaban J connectivity index is 2.69. The van der Waals surface area contributed by atoms with E-state index in [0.29, 0.717) is 18.7 Å². The van der Waals surface area contributed by atoms with Gasteiger partial charge in [0.1, 0.15) is 17.1 Å². The van der Waals surface area contributed by atoms with Gasteiger partial charge in [0.15, 0.2) is 0 Å². The van der Waals surface area contributed by atoms with E-state index < -0.39 is 5.97 Å². The number of carboxylic acids is 1. The summed E-state index contributed by atoms with van der Waals surface area (Å²) in [6.07, 6.45) is 0.523. The molecule has 7 heteroatoms. The van der Waals surface area contributed by atoms with E-state index in [1.807, 2.05) is 0 Å². The molecule has 0 aliphatic carbocycles. The molecule has 0 saturated heterocycles. The van der Waals surface area contributed by atoms with Crippen molar-refractivity contribution in [1.82, 2.24) is 0 Å².